The number of hydrogen-bond acceptors (Lipinski definition) is 5. The van der Waals surface area contributed by atoms with Gasteiger partial charge in [0.25, 0.3) is 0 Å². The highest BCUT2D eigenvalue weighted by molar-refractivity contribution is 7.10. The molecule has 6 nitrogen and oxygen atoms in total. The molecule has 0 aromatic carbocycles. The van der Waals surface area contributed by atoms with Gasteiger partial charge in [-0.1, -0.05) is 17.7 Å². The van der Waals surface area contributed by atoms with Gasteiger partial charge >= 0.3 is 0 Å². The molecule has 2 N–H and O–H groups in total. The monoisotopic (exact) mass is 420 g/mol. The molecule has 152 valence electrons. The minimum atomic E-state index is 0.280. The molecule has 1 fully saturated rings. The van der Waals surface area contributed by atoms with E-state index in [9.17, 15) is 0 Å². The van der Waals surface area contributed by atoms with Crippen LogP contribution in [0.4, 0.5) is 5.82 Å². The Morgan fingerprint density at radius 3 is 2.96 bits per heavy atom. The molecule has 1 aliphatic rings. The first-order valence-corrected chi connectivity index (χ1v) is 10.9. The first-order chi connectivity index (χ1) is 13.6. The van der Waals surface area contributed by atoms with Crippen LogP contribution in [0.15, 0.2) is 40.8 Å². The highest BCUT2D eigenvalue weighted by Gasteiger charge is 2.25. The van der Waals surface area contributed by atoms with Crippen molar-refractivity contribution in [3.8, 4) is 0 Å². The van der Waals surface area contributed by atoms with Crippen LogP contribution >= 0.6 is 22.9 Å². The minimum absolute atomic E-state index is 0.280. The van der Waals surface area contributed by atoms with Crippen molar-refractivity contribution in [3.63, 3.8) is 0 Å². The second kappa shape index (κ2) is 10.1. The van der Waals surface area contributed by atoms with Gasteiger partial charge in [-0.2, -0.15) is 0 Å². The quantitative estimate of drug-likeness (QED) is 0.532. The molecule has 0 aliphatic carbocycles. The number of aromatic nitrogens is 1. The fourth-order valence-electron chi connectivity index (χ4n) is 3.36. The lowest BCUT2D eigenvalue weighted by atomic mass is 10.2. The predicted octanol–water partition coefficient (Wildman–Crippen LogP) is 3.23. The molecule has 2 atom stereocenters. The third-order valence-electron chi connectivity index (χ3n) is 4.83. The lowest BCUT2D eigenvalue weighted by molar-refractivity contribution is 0.310. The maximum atomic E-state index is 6.31. The number of pyridine rings is 1. The molecular weight excluding hydrogens is 392 g/mol. The van der Waals surface area contributed by atoms with E-state index in [1.54, 1.807) is 17.5 Å². The van der Waals surface area contributed by atoms with Crippen LogP contribution in [0.25, 0.3) is 0 Å². The number of thiophene rings is 1. The normalized spacial score (nSPS) is 18.5. The predicted molar refractivity (Wildman–Crippen MR) is 120 cm³/mol. The first kappa shape index (κ1) is 20.9. The van der Waals surface area contributed by atoms with Crippen molar-refractivity contribution in [2.24, 2.45) is 4.99 Å². The summed E-state index contributed by atoms with van der Waals surface area (Å²) in [7, 11) is 4.21. The topological polar surface area (TPSA) is 55.8 Å². The summed E-state index contributed by atoms with van der Waals surface area (Å²) in [6.45, 7) is 5.44. The van der Waals surface area contributed by atoms with Crippen molar-refractivity contribution in [3.05, 3.63) is 45.7 Å². The molecule has 1 saturated heterocycles. The van der Waals surface area contributed by atoms with Gasteiger partial charge in [-0.15, -0.1) is 11.3 Å². The van der Waals surface area contributed by atoms with E-state index in [0.717, 1.165) is 37.8 Å². The average Bonchev–Trinajstić information content (AvgIpc) is 3.34. The Bertz CT molecular complexity index is 764. The van der Waals surface area contributed by atoms with Crippen molar-refractivity contribution in [1.29, 1.82) is 0 Å². The number of anilines is 1. The van der Waals surface area contributed by atoms with E-state index in [1.807, 2.05) is 12.1 Å². The fourth-order valence-corrected chi connectivity index (χ4v) is 4.52. The van der Waals surface area contributed by atoms with E-state index in [4.69, 9.17) is 16.6 Å². The van der Waals surface area contributed by atoms with Gasteiger partial charge in [0, 0.05) is 36.8 Å². The molecule has 2 aromatic rings. The molecule has 0 radical (unpaired) electrons. The lowest BCUT2D eigenvalue weighted by Gasteiger charge is -2.23. The standard InChI is InChI=1S/C20H29ClN6S/c1-4-22-20(24-13-17(26(2)3)18-8-6-12-28-18)25-15-9-11-27(14-15)19-16(21)7-5-10-23-19/h5-8,10,12,15,17H,4,9,11,13-14H2,1-3H3,(H2,22,24,25). The van der Waals surface area contributed by atoms with Crippen molar-refractivity contribution in [2.75, 3.05) is 45.2 Å². The number of guanidine groups is 1. The van der Waals surface area contributed by atoms with Crippen molar-refractivity contribution in [1.82, 2.24) is 20.5 Å². The number of likely N-dealkylation sites (N-methyl/N-ethyl adjacent to an activating group) is 1. The van der Waals surface area contributed by atoms with E-state index in [0.29, 0.717) is 17.6 Å². The van der Waals surface area contributed by atoms with Gasteiger partial charge in [-0.05, 0) is 51.0 Å². The van der Waals surface area contributed by atoms with E-state index >= 15 is 0 Å². The van der Waals surface area contributed by atoms with Gasteiger partial charge in [0.05, 0.1) is 17.6 Å². The number of nitrogens with zero attached hydrogens (tertiary/aromatic N) is 4. The molecule has 2 unspecified atom stereocenters. The molecule has 2 aromatic heterocycles. The number of aliphatic imine (C=N–C) groups is 1. The summed E-state index contributed by atoms with van der Waals surface area (Å²) in [6.07, 6.45) is 2.82. The third-order valence-corrected chi connectivity index (χ3v) is 6.10. The Morgan fingerprint density at radius 2 is 2.29 bits per heavy atom. The first-order valence-electron chi connectivity index (χ1n) is 9.68. The van der Waals surface area contributed by atoms with Crippen LogP contribution in [0.5, 0.6) is 0 Å². The second-order valence-corrected chi connectivity index (χ2v) is 8.49. The van der Waals surface area contributed by atoms with Crippen molar-refractivity contribution >= 4 is 34.7 Å². The van der Waals surface area contributed by atoms with Gasteiger partial charge in [-0.25, -0.2) is 4.98 Å². The van der Waals surface area contributed by atoms with Crippen LogP contribution in [0.1, 0.15) is 24.3 Å². The summed E-state index contributed by atoms with van der Waals surface area (Å²) < 4.78 is 0. The summed E-state index contributed by atoms with van der Waals surface area (Å²) in [5.41, 5.74) is 0. The van der Waals surface area contributed by atoms with Crippen LogP contribution in [-0.4, -0.2) is 62.2 Å². The second-order valence-electron chi connectivity index (χ2n) is 7.10. The molecule has 0 spiro atoms. The Morgan fingerprint density at radius 1 is 1.43 bits per heavy atom. The van der Waals surface area contributed by atoms with E-state index in [-0.39, 0.29) is 6.04 Å². The number of halogens is 1. The summed E-state index contributed by atoms with van der Waals surface area (Å²) in [5.74, 6) is 1.73. The molecule has 8 heteroatoms. The van der Waals surface area contributed by atoms with E-state index in [1.165, 1.54) is 4.88 Å². The number of nitrogens with one attached hydrogen (secondary N) is 2. The highest BCUT2D eigenvalue weighted by atomic mass is 35.5. The molecule has 0 amide bonds. The molecule has 0 bridgehead atoms. The van der Waals surface area contributed by atoms with Gasteiger partial charge in [0.1, 0.15) is 5.82 Å². The SMILES string of the molecule is CCNC(=NCC(c1cccs1)N(C)C)NC1CCN(c2ncccc2Cl)C1. The largest absolute Gasteiger partial charge is 0.357 e. The summed E-state index contributed by atoms with van der Waals surface area (Å²) >= 11 is 8.08. The van der Waals surface area contributed by atoms with Crippen LogP contribution in [0, 0.1) is 0 Å². The lowest BCUT2D eigenvalue weighted by Crippen LogP contribution is -2.45. The zero-order valence-electron chi connectivity index (χ0n) is 16.7. The zero-order valence-corrected chi connectivity index (χ0v) is 18.3. The van der Waals surface area contributed by atoms with Gasteiger partial charge in [0.2, 0.25) is 0 Å². The molecule has 0 saturated carbocycles. The maximum Gasteiger partial charge on any atom is 0.191 e. The van der Waals surface area contributed by atoms with Crippen molar-refractivity contribution in [2.45, 2.75) is 25.4 Å². The average molecular weight is 421 g/mol. The Balaban J connectivity index is 1.63. The van der Waals surface area contributed by atoms with Crippen LogP contribution in [-0.2, 0) is 0 Å². The Hall–Kier alpha value is -1.83. The number of rotatable bonds is 7. The maximum absolute atomic E-state index is 6.31. The molecule has 3 heterocycles. The molecular formula is C20H29ClN6S. The van der Waals surface area contributed by atoms with E-state index in [2.05, 4.69) is 63.9 Å². The van der Waals surface area contributed by atoms with Gasteiger partial charge in [0.15, 0.2) is 5.96 Å². The minimum Gasteiger partial charge on any atom is -0.357 e. The smallest absolute Gasteiger partial charge is 0.191 e. The van der Waals surface area contributed by atoms with Crippen LogP contribution < -0.4 is 15.5 Å². The van der Waals surface area contributed by atoms with Crippen LogP contribution in [0.3, 0.4) is 0 Å². The fraction of sp³-hybridized carbons (Fsp3) is 0.500. The summed E-state index contributed by atoms with van der Waals surface area (Å²) in [6, 6.07) is 8.62. The van der Waals surface area contributed by atoms with Gasteiger partial charge in [-0.3, -0.25) is 4.99 Å². The van der Waals surface area contributed by atoms with E-state index < -0.39 is 0 Å². The molecule has 28 heavy (non-hydrogen) atoms. The highest BCUT2D eigenvalue weighted by Crippen LogP contribution is 2.26. The van der Waals surface area contributed by atoms with Crippen molar-refractivity contribution < 1.29 is 0 Å². The number of hydrogen-bond donors (Lipinski definition) is 2. The molecule has 1 aliphatic heterocycles. The summed E-state index contributed by atoms with van der Waals surface area (Å²) in [4.78, 5) is 15.1. The zero-order chi connectivity index (χ0) is 19.9. The Labute approximate surface area is 176 Å². The molecule has 3 rings (SSSR count). The van der Waals surface area contributed by atoms with Gasteiger partial charge < -0.3 is 20.4 Å². The Kier molecular flexibility index (Phi) is 7.53. The summed E-state index contributed by atoms with van der Waals surface area (Å²) in [5, 5.41) is 9.79. The third kappa shape index (κ3) is 5.37. The van der Waals surface area contributed by atoms with Crippen LogP contribution in [0.2, 0.25) is 5.02 Å².